The van der Waals surface area contributed by atoms with Gasteiger partial charge in [-0.3, -0.25) is 4.79 Å². The highest BCUT2D eigenvalue weighted by Gasteiger charge is 2.15. The van der Waals surface area contributed by atoms with Gasteiger partial charge >= 0.3 is 5.97 Å². The van der Waals surface area contributed by atoms with E-state index in [0.29, 0.717) is 12.8 Å². The van der Waals surface area contributed by atoms with Crippen LogP contribution in [0.2, 0.25) is 0 Å². The highest BCUT2D eigenvalue weighted by atomic mass is 16.4. The quantitative estimate of drug-likeness (QED) is 0.666. The molecule has 0 aromatic heterocycles. The number of carbonyl (C=O) groups excluding carboxylic acids is 1. The minimum Gasteiger partial charge on any atom is -0.480 e. The summed E-state index contributed by atoms with van der Waals surface area (Å²) in [7, 11) is 0. The van der Waals surface area contributed by atoms with E-state index in [2.05, 4.69) is 5.32 Å². The molecule has 0 radical (unpaired) electrons. The van der Waals surface area contributed by atoms with E-state index in [4.69, 9.17) is 5.11 Å². The molecule has 0 aliphatic carbocycles. The topological polar surface area (TPSA) is 66.4 Å². The van der Waals surface area contributed by atoms with E-state index in [1.54, 1.807) is 0 Å². The first-order valence-electron chi connectivity index (χ1n) is 4.20. The molecule has 0 fully saturated rings. The summed E-state index contributed by atoms with van der Waals surface area (Å²) < 4.78 is 0. The molecule has 4 nitrogen and oxygen atoms in total. The lowest BCUT2D eigenvalue weighted by Gasteiger charge is -2.10. The second kappa shape index (κ2) is 5.01. The number of nitrogens with one attached hydrogen (secondary N) is 1. The average molecular weight is 193 g/mol. The van der Waals surface area contributed by atoms with Crippen LogP contribution in [0.25, 0.3) is 0 Å². The maximum Gasteiger partial charge on any atom is 0.326 e. The van der Waals surface area contributed by atoms with Gasteiger partial charge in [0.15, 0.2) is 0 Å². The molecule has 0 aliphatic rings. The van der Waals surface area contributed by atoms with Gasteiger partial charge in [-0.1, -0.05) is 30.3 Å². The molecule has 14 heavy (non-hydrogen) atoms. The first-order valence-corrected chi connectivity index (χ1v) is 4.20. The van der Waals surface area contributed by atoms with Gasteiger partial charge in [0.2, 0.25) is 6.41 Å². The van der Waals surface area contributed by atoms with Crippen LogP contribution in [0.4, 0.5) is 0 Å². The normalized spacial score (nSPS) is 11.7. The zero-order valence-electron chi connectivity index (χ0n) is 7.51. The highest BCUT2D eigenvalue weighted by Crippen LogP contribution is 2.02. The first kappa shape index (κ1) is 10.2. The van der Waals surface area contributed by atoms with E-state index in [9.17, 15) is 9.59 Å². The molecule has 4 heteroatoms. The van der Waals surface area contributed by atoms with Crippen LogP contribution in [0.1, 0.15) is 5.56 Å². The number of benzene rings is 1. The van der Waals surface area contributed by atoms with E-state index in [0.717, 1.165) is 5.56 Å². The van der Waals surface area contributed by atoms with Gasteiger partial charge in [-0.2, -0.15) is 0 Å². The summed E-state index contributed by atoms with van der Waals surface area (Å²) in [6, 6.07) is 8.30. The number of aliphatic carboxylic acids is 1. The Morgan fingerprint density at radius 2 is 2.07 bits per heavy atom. The van der Waals surface area contributed by atoms with Gasteiger partial charge in [0.25, 0.3) is 0 Å². The molecular formula is C10H11NO3. The van der Waals surface area contributed by atoms with Crippen LogP contribution >= 0.6 is 0 Å². The Kier molecular flexibility index (Phi) is 3.67. The van der Waals surface area contributed by atoms with Crippen LogP contribution in [0, 0.1) is 0 Å². The highest BCUT2D eigenvalue weighted by molar-refractivity contribution is 5.76. The Morgan fingerprint density at radius 3 is 2.57 bits per heavy atom. The van der Waals surface area contributed by atoms with Crippen molar-refractivity contribution < 1.29 is 14.7 Å². The molecule has 0 heterocycles. The minimum atomic E-state index is -1.03. The maximum atomic E-state index is 10.7. The fourth-order valence-electron chi connectivity index (χ4n) is 1.15. The van der Waals surface area contributed by atoms with Crippen molar-refractivity contribution in [3.63, 3.8) is 0 Å². The number of hydrogen-bond donors (Lipinski definition) is 2. The molecule has 0 unspecified atom stereocenters. The Balaban J connectivity index is 2.64. The number of carboxylic acids is 1. The number of carboxylic acid groups (broad SMARTS) is 1. The van der Waals surface area contributed by atoms with Gasteiger partial charge in [0.05, 0.1) is 0 Å². The van der Waals surface area contributed by atoms with Crippen LogP contribution in [0.15, 0.2) is 30.3 Å². The van der Waals surface area contributed by atoms with Gasteiger partial charge < -0.3 is 10.4 Å². The summed E-state index contributed by atoms with van der Waals surface area (Å²) in [6.07, 6.45) is 0.705. The Morgan fingerprint density at radius 1 is 1.43 bits per heavy atom. The number of rotatable bonds is 5. The van der Waals surface area contributed by atoms with Crippen LogP contribution in [-0.2, 0) is 16.0 Å². The molecule has 1 amide bonds. The van der Waals surface area contributed by atoms with Crippen molar-refractivity contribution in [2.24, 2.45) is 0 Å². The molecule has 74 valence electrons. The monoisotopic (exact) mass is 193 g/mol. The van der Waals surface area contributed by atoms with E-state index >= 15 is 0 Å². The molecule has 1 rings (SSSR count). The minimum absolute atomic E-state index is 0.301. The van der Waals surface area contributed by atoms with Crippen LogP contribution < -0.4 is 5.32 Å². The van der Waals surface area contributed by atoms with Crippen LogP contribution in [0.3, 0.4) is 0 Å². The lowest BCUT2D eigenvalue weighted by Crippen LogP contribution is -2.37. The smallest absolute Gasteiger partial charge is 0.326 e. The van der Waals surface area contributed by atoms with Gasteiger partial charge in [-0.15, -0.1) is 0 Å². The number of hydrogen-bond acceptors (Lipinski definition) is 2. The van der Waals surface area contributed by atoms with Crippen molar-refractivity contribution in [2.75, 3.05) is 0 Å². The molecule has 1 aromatic carbocycles. The zero-order chi connectivity index (χ0) is 10.4. The van der Waals surface area contributed by atoms with Crippen molar-refractivity contribution in [1.82, 2.24) is 5.32 Å². The van der Waals surface area contributed by atoms with Crippen molar-refractivity contribution in [3.8, 4) is 0 Å². The largest absolute Gasteiger partial charge is 0.480 e. The maximum absolute atomic E-state index is 10.7. The molecule has 2 N–H and O–H groups in total. The van der Waals surface area contributed by atoms with E-state index < -0.39 is 12.0 Å². The van der Waals surface area contributed by atoms with Crippen molar-refractivity contribution in [1.29, 1.82) is 0 Å². The molecule has 0 saturated heterocycles. The zero-order valence-corrected chi connectivity index (χ0v) is 7.51. The molecule has 0 spiro atoms. The fraction of sp³-hybridized carbons (Fsp3) is 0.200. The third-order valence-corrected chi connectivity index (χ3v) is 1.85. The number of amides is 1. The molecular weight excluding hydrogens is 182 g/mol. The van der Waals surface area contributed by atoms with E-state index in [1.807, 2.05) is 30.3 Å². The molecule has 0 bridgehead atoms. The molecule has 1 atom stereocenters. The van der Waals surface area contributed by atoms with Crippen molar-refractivity contribution in [2.45, 2.75) is 12.5 Å². The number of carbonyl (C=O) groups is 2. The van der Waals surface area contributed by atoms with Crippen molar-refractivity contribution in [3.05, 3.63) is 35.9 Å². The average Bonchev–Trinajstić information content (AvgIpc) is 2.18. The van der Waals surface area contributed by atoms with Gasteiger partial charge in [0.1, 0.15) is 6.04 Å². The van der Waals surface area contributed by atoms with Gasteiger partial charge in [-0.25, -0.2) is 4.79 Å². The summed E-state index contributed by atoms with van der Waals surface area (Å²) in [4.78, 5) is 20.8. The molecule has 0 aliphatic heterocycles. The summed E-state index contributed by atoms with van der Waals surface area (Å²) in [5.41, 5.74) is 0.884. The third kappa shape index (κ3) is 2.90. The predicted octanol–water partition coefficient (Wildman–Crippen LogP) is 0.428. The molecule has 0 saturated carbocycles. The third-order valence-electron chi connectivity index (χ3n) is 1.85. The Bertz CT molecular complexity index is 310. The summed E-state index contributed by atoms with van der Waals surface area (Å²) in [5, 5.41) is 11.0. The second-order valence-electron chi connectivity index (χ2n) is 2.87. The fourth-order valence-corrected chi connectivity index (χ4v) is 1.15. The Hall–Kier alpha value is -1.84. The standard InChI is InChI=1S/C10H11NO3/c12-7-11-9(10(13)14)6-8-4-2-1-3-5-8/h1-5,7,9H,6H2,(H,11,12)(H,13,14)/t9-/m0/s1. The SMILES string of the molecule is O=CN[C@@H](Cc1ccccc1)C(=O)O. The van der Waals surface area contributed by atoms with E-state index in [1.165, 1.54) is 0 Å². The van der Waals surface area contributed by atoms with Gasteiger partial charge in [0, 0.05) is 6.42 Å². The lowest BCUT2D eigenvalue weighted by molar-refractivity contribution is -0.140. The lowest BCUT2D eigenvalue weighted by atomic mass is 10.1. The molecule has 1 aromatic rings. The van der Waals surface area contributed by atoms with Gasteiger partial charge in [-0.05, 0) is 5.56 Å². The van der Waals surface area contributed by atoms with E-state index in [-0.39, 0.29) is 0 Å². The Labute approximate surface area is 81.6 Å². The first-order chi connectivity index (χ1) is 6.74. The second-order valence-corrected chi connectivity index (χ2v) is 2.87. The summed E-state index contributed by atoms with van der Waals surface area (Å²) in [6.45, 7) is 0. The summed E-state index contributed by atoms with van der Waals surface area (Å²) in [5.74, 6) is -1.03. The summed E-state index contributed by atoms with van der Waals surface area (Å²) >= 11 is 0. The predicted molar refractivity (Wildman–Crippen MR) is 50.8 cm³/mol. The van der Waals surface area contributed by atoms with Crippen LogP contribution in [0.5, 0.6) is 0 Å². The van der Waals surface area contributed by atoms with Crippen molar-refractivity contribution >= 4 is 12.4 Å². The van der Waals surface area contributed by atoms with Crippen LogP contribution in [-0.4, -0.2) is 23.5 Å².